The SMILES string of the molecule is CO[C@@H]1C[C@H]2CN(C(=O)Cc3ccsc3)C[C@H]2C[C@H]1N(C)C. The van der Waals surface area contributed by atoms with E-state index in [1.54, 1.807) is 11.3 Å². The van der Waals surface area contributed by atoms with Gasteiger partial charge in [-0.05, 0) is 61.2 Å². The average Bonchev–Trinajstić information content (AvgIpc) is 3.13. The highest BCUT2D eigenvalue weighted by Crippen LogP contribution is 2.38. The molecule has 1 aliphatic carbocycles. The highest BCUT2D eigenvalue weighted by molar-refractivity contribution is 7.07. The molecule has 1 aliphatic heterocycles. The fourth-order valence-corrected chi connectivity index (χ4v) is 4.74. The Labute approximate surface area is 137 Å². The monoisotopic (exact) mass is 322 g/mol. The molecule has 0 unspecified atom stereocenters. The minimum Gasteiger partial charge on any atom is -0.380 e. The molecule has 4 nitrogen and oxygen atoms in total. The van der Waals surface area contributed by atoms with Crippen molar-refractivity contribution >= 4 is 17.2 Å². The number of carbonyl (C=O) groups excluding carboxylic acids is 1. The lowest BCUT2D eigenvalue weighted by Gasteiger charge is -2.40. The van der Waals surface area contributed by atoms with Crippen LogP contribution in [-0.4, -0.2) is 62.1 Å². The van der Waals surface area contributed by atoms with E-state index < -0.39 is 0 Å². The molecule has 22 heavy (non-hydrogen) atoms. The molecule has 0 spiro atoms. The molecule has 1 aromatic heterocycles. The zero-order chi connectivity index (χ0) is 15.7. The molecule has 1 aromatic rings. The number of hydrogen-bond acceptors (Lipinski definition) is 4. The number of likely N-dealkylation sites (N-methyl/N-ethyl adjacent to an activating group) is 1. The summed E-state index contributed by atoms with van der Waals surface area (Å²) in [5, 5.41) is 4.11. The minimum atomic E-state index is 0.281. The zero-order valence-corrected chi connectivity index (χ0v) is 14.5. The topological polar surface area (TPSA) is 32.8 Å². The number of likely N-dealkylation sites (tertiary alicyclic amines) is 1. The molecule has 2 fully saturated rings. The highest BCUT2D eigenvalue weighted by Gasteiger charge is 2.44. The molecule has 0 bridgehead atoms. The number of carbonyl (C=O) groups is 1. The predicted octanol–water partition coefficient (Wildman–Crippen LogP) is 2.10. The molecular weight excluding hydrogens is 296 g/mol. The molecule has 5 heteroatoms. The maximum atomic E-state index is 12.5. The fraction of sp³-hybridized carbons (Fsp3) is 0.706. The van der Waals surface area contributed by atoms with Gasteiger partial charge in [0.05, 0.1) is 12.5 Å². The van der Waals surface area contributed by atoms with Gasteiger partial charge >= 0.3 is 0 Å². The molecule has 1 saturated heterocycles. The van der Waals surface area contributed by atoms with Crippen LogP contribution in [0.5, 0.6) is 0 Å². The molecule has 2 aliphatic rings. The molecule has 0 aromatic carbocycles. The van der Waals surface area contributed by atoms with E-state index in [-0.39, 0.29) is 5.91 Å². The van der Waals surface area contributed by atoms with E-state index in [1.165, 1.54) is 0 Å². The Kier molecular flexibility index (Phi) is 4.85. The van der Waals surface area contributed by atoms with E-state index in [2.05, 4.69) is 35.3 Å². The second-order valence-electron chi connectivity index (χ2n) is 6.90. The molecule has 2 heterocycles. The van der Waals surface area contributed by atoms with Gasteiger partial charge in [0.1, 0.15) is 0 Å². The molecular formula is C17H26N2O2S. The minimum absolute atomic E-state index is 0.281. The lowest BCUT2D eigenvalue weighted by atomic mass is 9.77. The van der Waals surface area contributed by atoms with E-state index in [4.69, 9.17) is 4.74 Å². The van der Waals surface area contributed by atoms with Crippen LogP contribution in [0.2, 0.25) is 0 Å². The van der Waals surface area contributed by atoms with Crippen LogP contribution in [-0.2, 0) is 16.0 Å². The van der Waals surface area contributed by atoms with Gasteiger partial charge < -0.3 is 14.5 Å². The van der Waals surface area contributed by atoms with Crippen molar-refractivity contribution in [1.82, 2.24) is 9.80 Å². The number of thiophene rings is 1. The van der Waals surface area contributed by atoms with Gasteiger partial charge in [-0.15, -0.1) is 0 Å². The number of methoxy groups -OCH3 is 1. The number of ether oxygens (including phenoxy) is 1. The summed E-state index contributed by atoms with van der Waals surface area (Å²) in [5.74, 6) is 1.51. The summed E-state index contributed by atoms with van der Waals surface area (Å²) in [6.07, 6.45) is 3.06. The number of amides is 1. The van der Waals surface area contributed by atoms with Crippen molar-refractivity contribution in [2.24, 2.45) is 11.8 Å². The molecule has 1 amide bonds. The number of fused-ring (bicyclic) bond motifs is 1. The van der Waals surface area contributed by atoms with Gasteiger partial charge in [-0.3, -0.25) is 4.79 Å². The predicted molar refractivity (Wildman–Crippen MR) is 89.1 cm³/mol. The quantitative estimate of drug-likeness (QED) is 0.851. The molecule has 0 N–H and O–H groups in total. The van der Waals surface area contributed by atoms with Crippen LogP contribution in [0.25, 0.3) is 0 Å². The van der Waals surface area contributed by atoms with Crippen molar-refractivity contribution < 1.29 is 9.53 Å². The standard InChI is InChI=1S/C17H26N2O2S/c1-18(2)15-7-13-9-19(10-14(13)8-16(15)21-3)17(20)6-12-4-5-22-11-12/h4-5,11,13-16H,6-10H2,1-3H3/t13-,14+,15-,16-/m1/s1. The number of nitrogens with zero attached hydrogens (tertiary/aromatic N) is 2. The smallest absolute Gasteiger partial charge is 0.227 e. The number of hydrogen-bond donors (Lipinski definition) is 0. The Morgan fingerprint density at radius 3 is 2.68 bits per heavy atom. The first kappa shape index (κ1) is 16.0. The normalized spacial score (nSPS) is 31.5. The number of rotatable bonds is 4. The second kappa shape index (κ2) is 6.69. The summed E-state index contributed by atoms with van der Waals surface area (Å²) in [7, 11) is 6.08. The van der Waals surface area contributed by atoms with E-state index in [0.717, 1.165) is 31.5 Å². The van der Waals surface area contributed by atoms with Gasteiger partial charge in [-0.2, -0.15) is 11.3 Å². The van der Waals surface area contributed by atoms with Gasteiger partial charge in [0.25, 0.3) is 0 Å². The third-order valence-electron chi connectivity index (χ3n) is 5.34. The van der Waals surface area contributed by atoms with Crippen LogP contribution >= 0.6 is 11.3 Å². The molecule has 4 atom stereocenters. The first-order valence-electron chi connectivity index (χ1n) is 8.06. The van der Waals surface area contributed by atoms with Gasteiger partial charge in [0.2, 0.25) is 5.91 Å². The largest absolute Gasteiger partial charge is 0.380 e. The maximum Gasteiger partial charge on any atom is 0.227 e. The first-order chi connectivity index (χ1) is 10.6. The average molecular weight is 322 g/mol. The van der Waals surface area contributed by atoms with Crippen LogP contribution in [0.4, 0.5) is 0 Å². The molecule has 0 radical (unpaired) electrons. The maximum absolute atomic E-state index is 12.5. The summed E-state index contributed by atoms with van der Waals surface area (Å²) in [6.45, 7) is 1.84. The van der Waals surface area contributed by atoms with Crippen LogP contribution < -0.4 is 0 Å². The molecule has 122 valence electrons. The summed E-state index contributed by atoms with van der Waals surface area (Å²) in [6, 6.07) is 2.52. The van der Waals surface area contributed by atoms with Crippen molar-refractivity contribution in [2.45, 2.75) is 31.4 Å². The Hall–Kier alpha value is -0.910. The summed E-state index contributed by atoms with van der Waals surface area (Å²) < 4.78 is 5.71. The van der Waals surface area contributed by atoms with Crippen LogP contribution in [0.1, 0.15) is 18.4 Å². The first-order valence-corrected chi connectivity index (χ1v) is 9.00. The van der Waals surface area contributed by atoms with E-state index in [1.807, 2.05) is 12.5 Å². The van der Waals surface area contributed by atoms with Gasteiger partial charge in [-0.1, -0.05) is 0 Å². The Balaban J connectivity index is 1.62. The summed E-state index contributed by atoms with van der Waals surface area (Å²) in [4.78, 5) is 16.9. The Morgan fingerprint density at radius 2 is 2.09 bits per heavy atom. The van der Waals surface area contributed by atoms with E-state index in [9.17, 15) is 4.79 Å². The lowest BCUT2D eigenvalue weighted by Crippen LogP contribution is -2.47. The lowest BCUT2D eigenvalue weighted by molar-refractivity contribution is -0.129. The van der Waals surface area contributed by atoms with Crippen LogP contribution in [0, 0.1) is 11.8 Å². The third-order valence-corrected chi connectivity index (χ3v) is 6.07. The van der Waals surface area contributed by atoms with E-state index in [0.29, 0.717) is 30.4 Å². The molecule has 3 rings (SSSR count). The highest BCUT2D eigenvalue weighted by atomic mass is 32.1. The Morgan fingerprint density at radius 1 is 1.36 bits per heavy atom. The van der Waals surface area contributed by atoms with Crippen molar-refractivity contribution in [3.8, 4) is 0 Å². The van der Waals surface area contributed by atoms with Gasteiger partial charge in [0.15, 0.2) is 0 Å². The second-order valence-corrected chi connectivity index (χ2v) is 7.68. The van der Waals surface area contributed by atoms with Crippen molar-refractivity contribution in [3.05, 3.63) is 22.4 Å². The summed E-state index contributed by atoms with van der Waals surface area (Å²) in [5.41, 5.74) is 1.14. The zero-order valence-electron chi connectivity index (χ0n) is 13.7. The van der Waals surface area contributed by atoms with Crippen molar-refractivity contribution in [3.63, 3.8) is 0 Å². The van der Waals surface area contributed by atoms with Gasteiger partial charge in [-0.25, -0.2) is 0 Å². The Bertz CT molecular complexity index is 503. The molecule has 1 saturated carbocycles. The van der Waals surface area contributed by atoms with Crippen LogP contribution in [0.15, 0.2) is 16.8 Å². The fourth-order valence-electron chi connectivity index (χ4n) is 4.07. The van der Waals surface area contributed by atoms with Crippen molar-refractivity contribution in [2.75, 3.05) is 34.3 Å². The van der Waals surface area contributed by atoms with Crippen LogP contribution in [0.3, 0.4) is 0 Å². The van der Waals surface area contributed by atoms with Crippen molar-refractivity contribution in [1.29, 1.82) is 0 Å². The third kappa shape index (κ3) is 3.21. The van der Waals surface area contributed by atoms with Gasteiger partial charge in [0, 0.05) is 26.2 Å². The summed E-state index contributed by atoms with van der Waals surface area (Å²) >= 11 is 1.66. The van der Waals surface area contributed by atoms with E-state index >= 15 is 0 Å².